The molecule has 0 saturated carbocycles. The Morgan fingerprint density at radius 1 is 1.03 bits per heavy atom. The van der Waals surface area contributed by atoms with Crippen LogP contribution >= 0.6 is 0 Å². The number of aliphatic hydroxyl groups excluding tert-OH is 4. The van der Waals surface area contributed by atoms with E-state index in [1.165, 1.54) is 17.4 Å². The topological polar surface area (TPSA) is 155 Å². The van der Waals surface area contributed by atoms with Gasteiger partial charge in [-0.1, -0.05) is 30.3 Å². The van der Waals surface area contributed by atoms with Crippen LogP contribution in [0.5, 0.6) is 0 Å². The molecule has 1 aromatic carbocycles. The molecule has 0 bridgehead atoms. The Balaban J connectivity index is 1.53. The van der Waals surface area contributed by atoms with E-state index in [1.807, 2.05) is 30.3 Å². The predicted molar refractivity (Wildman–Crippen MR) is 99.4 cm³/mol. The van der Waals surface area contributed by atoms with E-state index < -0.39 is 37.3 Å². The van der Waals surface area contributed by atoms with Crippen LogP contribution in [0.25, 0.3) is 11.2 Å². The Kier molecular flexibility index (Phi) is 5.56. The van der Waals surface area contributed by atoms with E-state index in [9.17, 15) is 20.4 Å². The van der Waals surface area contributed by atoms with Crippen LogP contribution in [0.3, 0.4) is 0 Å². The van der Waals surface area contributed by atoms with Crippen LogP contribution < -0.4 is 10.2 Å². The summed E-state index contributed by atoms with van der Waals surface area (Å²) in [5, 5.41) is 42.4. The van der Waals surface area contributed by atoms with Crippen LogP contribution in [-0.2, 0) is 11.3 Å². The van der Waals surface area contributed by atoms with Gasteiger partial charge in [-0.25, -0.2) is 15.0 Å². The van der Waals surface area contributed by atoms with Crippen LogP contribution in [0.2, 0.25) is 0 Å². The zero-order valence-corrected chi connectivity index (χ0v) is 15.2. The summed E-state index contributed by atoms with van der Waals surface area (Å²) in [6, 6.07) is 9.77. The minimum Gasteiger partial charge on any atom is -0.394 e. The molecule has 0 radical (unpaired) electrons. The second-order valence-corrected chi connectivity index (χ2v) is 6.61. The SMILES string of the molecule is OC[C@H]1OC(On2cnc3c(NCc4ccccc4)ncnc32)[C@H](O)[C@@H](O)[C@@H]1O. The third-order valence-electron chi connectivity index (χ3n) is 4.67. The smallest absolute Gasteiger partial charge is 0.254 e. The Hall–Kier alpha value is -2.83. The zero-order valence-electron chi connectivity index (χ0n) is 15.2. The van der Waals surface area contributed by atoms with Crippen LogP contribution in [0, 0.1) is 0 Å². The molecular weight excluding hydrogens is 382 g/mol. The number of anilines is 1. The van der Waals surface area contributed by atoms with Crippen molar-refractivity contribution >= 4 is 17.0 Å². The third-order valence-corrected chi connectivity index (χ3v) is 4.67. The highest BCUT2D eigenvalue weighted by molar-refractivity contribution is 5.82. The molecule has 5 N–H and O–H groups in total. The zero-order chi connectivity index (χ0) is 20.4. The average Bonchev–Trinajstić information content (AvgIpc) is 3.17. The molecule has 2 aromatic heterocycles. The molecule has 1 saturated heterocycles. The van der Waals surface area contributed by atoms with Gasteiger partial charge in [0.05, 0.1) is 6.61 Å². The van der Waals surface area contributed by atoms with Gasteiger partial charge >= 0.3 is 0 Å². The van der Waals surface area contributed by atoms with Crippen molar-refractivity contribution in [1.82, 2.24) is 19.7 Å². The number of fused-ring (bicyclic) bond motifs is 1. The Bertz CT molecular complexity index is 952. The van der Waals surface area contributed by atoms with E-state index in [0.29, 0.717) is 23.5 Å². The molecule has 0 aliphatic carbocycles. The number of nitrogens with zero attached hydrogens (tertiary/aromatic N) is 4. The van der Waals surface area contributed by atoms with Gasteiger partial charge in [0.1, 0.15) is 37.1 Å². The number of rotatable bonds is 6. The fourth-order valence-electron chi connectivity index (χ4n) is 3.07. The molecule has 11 heteroatoms. The van der Waals surface area contributed by atoms with E-state index in [2.05, 4.69) is 20.3 Å². The van der Waals surface area contributed by atoms with Crippen LogP contribution in [0.15, 0.2) is 43.0 Å². The first-order valence-corrected chi connectivity index (χ1v) is 9.02. The molecular formula is C18H21N5O6. The minimum atomic E-state index is -1.54. The Morgan fingerprint density at radius 2 is 1.83 bits per heavy atom. The summed E-state index contributed by atoms with van der Waals surface area (Å²) >= 11 is 0. The molecule has 3 heterocycles. The standard InChI is InChI=1S/C18H21N5O6/c24-7-11-13(25)14(26)15(27)18(28-11)29-23-9-22-12-16(20-8-21-17(12)23)19-6-10-4-2-1-3-5-10/h1-5,8-9,11,13-15,18,24-27H,6-7H2,(H,19,20,21)/t11-,13-,14+,15-,18?/m1/s1. The number of ether oxygens (including phenoxy) is 1. The number of aliphatic hydroxyl groups is 4. The molecule has 29 heavy (non-hydrogen) atoms. The van der Waals surface area contributed by atoms with Crippen molar-refractivity contribution in [1.29, 1.82) is 0 Å². The summed E-state index contributed by atoms with van der Waals surface area (Å²) in [5.74, 6) is 0.495. The van der Waals surface area contributed by atoms with E-state index in [-0.39, 0.29) is 0 Å². The van der Waals surface area contributed by atoms with Gasteiger partial charge in [0, 0.05) is 6.54 Å². The lowest BCUT2D eigenvalue weighted by Crippen LogP contribution is -2.61. The van der Waals surface area contributed by atoms with Crippen molar-refractivity contribution in [2.45, 2.75) is 37.3 Å². The van der Waals surface area contributed by atoms with Gasteiger partial charge in [-0.3, -0.25) is 0 Å². The largest absolute Gasteiger partial charge is 0.394 e. The highest BCUT2D eigenvalue weighted by atomic mass is 16.8. The molecule has 4 rings (SSSR count). The fraction of sp³-hybridized carbons (Fsp3) is 0.389. The normalized spacial score (nSPS) is 27.1. The van der Waals surface area contributed by atoms with E-state index in [0.717, 1.165) is 5.56 Å². The van der Waals surface area contributed by atoms with Gasteiger partial charge in [-0.15, -0.1) is 4.73 Å². The molecule has 1 unspecified atom stereocenters. The summed E-state index contributed by atoms with van der Waals surface area (Å²) in [6.07, 6.45) is -4.31. The second kappa shape index (κ2) is 8.27. The molecule has 3 aromatic rings. The maximum Gasteiger partial charge on any atom is 0.254 e. The Labute approximate surface area is 165 Å². The highest BCUT2D eigenvalue weighted by Crippen LogP contribution is 2.22. The van der Waals surface area contributed by atoms with E-state index in [1.54, 1.807) is 0 Å². The molecule has 5 atom stereocenters. The molecule has 1 fully saturated rings. The summed E-state index contributed by atoms with van der Waals surface area (Å²) in [4.78, 5) is 18.2. The molecule has 0 spiro atoms. The first-order valence-electron chi connectivity index (χ1n) is 9.02. The van der Waals surface area contributed by atoms with E-state index in [4.69, 9.17) is 9.57 Å². The average molecular weight is 403 g/mol. The van der Waals surface area contributed by atoms with Gasteiger partial charge in [0.15, 0.2) is 11.3 Å². The van der Waals surface area contributed by atoms with Gasteiger partial charge in [0.2, 0.25) is 5.65 Å². The number of nitrogens with one attached hydrogen (secondary N) is 1. The summed E-state index contributed by atoms with van der Waals surface area (Å²) in [5.41, 5.74) is 1.82. The molecule has 154 valence electrons. The maximum absolute atomic E-state index is 10.1. The number of benzene rings is 1. The number of hydrogen-bond donors (Lipinski definition) is 5. The number of hydrogen-bond acceptors (Lipinski definition) is 10. The lowest BCUT2D eigenvalue weighted by Gasteiger charge is -2.39. The van der Waals surface area contributed by atoms with Crippen molar-refractivity contribution in [3.8, 4) is 0 Å². The lowest BCUT2D eigenvalue weighted by molar-refractivity contribution is -0.299. The highest BCUT2D eigenvalue weighted by Gasteiger charge is 2.45. The molecule has 11 nitrogen and oxygen atoms in total. The molecule has 0 amide bonds. The predicted octanol–water partition coefficient (Wildman–Crippen LogP) is -1.33. The summed E-state index contributed by atoms with van der Waals surface area (Å²) < 4.78 is 6.53. The lowest BCUT2D eigenvalue weighted by atomic mass is 9.99. The first kappa shape index (κ1) is 19.5. The first-order chi connectivity index (χ1) is 14.1. The van der Waals surface area contributed by atoms with Crippen molar-refractivity contribution < 1.29 is 30.0 Å². The summed E-state index contributed by atoms with van der Waals surface area (Å²) in [7, 11) is 0. The van der Waals surface area contributed by atoms with Gasteiger partial charge in [-0.2, -0.15) is 0 Å². The number of imidazole rings is 1. The van der Waals surface area contributed by atoms with Gasteiger partial charge in [0.25, 0.3) is 6.29 Å². The van der Waals surface area contributed by atoms with Gasteiger partial charge < -0.3 is 35.3 Å². The third kappa shape index (κ3) is 3.86. The Morgan fingerprint density at radius 3 is 2.59 bits per heavy atom. The van der Waals surface area contributed by atoms with Crippen molar-refractivity contribution in [3.63, 3.8) is 0 Å². The van der Waals surface area contributed by atoms with Crippen LogP contribution in [0.4, 0.5) is 5.82 Å². The quantitative estimate of drug-likeness (QED) is 0.334. The van der Waals surface area contributed by atoms with E-state index >= 15 is 0 Å². The molecule has 1 aliphatic rings. The number of aromatic nitrogens is 4. The maximum atomic E-state index is 10.1. The van der Waals surface area contributed by atoms with Crippen LogP contribution in [-0.4, -0.2) is 77.4 Å². The van der Waals surface area contributed by atoms with Crippen molar-refractivity contribution in [3.05, 3.63) is 48.5 Å². The monoisotopic (exact) mass is 403 g/mol. The van der Waals surface area contributed by atoms with Crippen LogP contribution in [0.1, 0.15) is 5.56 Å². The fourth-order valence-corrected chi connectivity index (χ4v) is 3.07. The van der Waals surface area contributed by atoms with Crippen molar-refractivity contribution in [2.24, 2.45) is 0 Å². The van der Waals surface area contributed by atoms with Gasteiger partial charge in [-0.05, 0) is 5.56 Å². The summed E-state index contributed by atoms with van der Waals surface area (Å²) in [6.45, 7) is -0.0153. The van der Waals surface area contributed by atoms with Crippen molar-refractivity contribution in [2.75, 3.05) is 11.9 Å². The minimum absolute atomic E-state index is 0.313. The second-order valence-electron chi connectivity index (χ2n) is 6.61. The molecule has 1 aliphatic heterocycles.